The Bertz CT molecular complexity index is 1090. The number of aryl methyl sites for hydroxylation is 1. The van der Waals surface area contributed by atoms with E-state index >= 15 is 0 Å². The molecule has 1 N–H and O–H groups in total. The summed E-state index contributed by atoms with van der Waals surface area (Å²) >= 11 is 4.58. The Balaban J connectivity index is 1.95. The fourth-order valence-electron chi connectivity index (χ4n) is 3.16. The van der Waals surface area contributed by atoms with E-state index in [1.54, 1.807) is 18.2 Å². The van der Waals surface area contributed by atoms with Crippen molar-refractivity contribution < 1.29 is 14.7 Å². The second-order valence-corrected chi connectivity index (χ2v) is 8.04. The molecule has 1 saturated heterocycles. The van der Waals surface area contributed by atoms with Gasteiger partial charge in [-0.05, 0) is 24.6 Å². The second-order valence-electron chi connectivity index (χ2n) is 6.31. The fourth-order valence-corrected chi connectivity index (χ4v) is 4.16. The van der Waals surface area contributed by atoms with Gasteiger partial charge in [0.05, 0.1) is 11.6 Å². The number of carbonyl (C=O) groups is 2. The van der Waals surface area contributed by atoms with E-state index in [1.807, 2.05) is 37.3 Å². The average molecular weight is 456 g/mol. The van der Waals surface area contributed by atoms with Crippen LogP contribution in [0, 0.1) is 6.92 Å². The molecule has 0 bridgehead atoms. The number of aliphatic hydroxyl groups excluding tert-OH is 1. The third kappa shape index (κ3) is 3.14. The zero-order chi connectivity index (χ0) is 19.8. The maximum Gasteiger partial charge on any atom is 0.301 e. The summed E-state index contributed by atoms with van der Waals surface area (Å²) in [5, 5.41) is 19.0. The van der Waals surface area contributed by atoms with Gasteiger partial charge in [0.25, 0.3) is 5.78 Å². The highest BCUT2D eigenvalue weighted by molar-refractivity contribution is 9.10. The average Bonchev–Trinajstić information content (AvgIpc) is 3.29. The number of anilines is 1. The number of carbonyl (C=O) groups excluding carboxylic acids is 2. The molecule has 3 aromatic rings. The largest absolute Gasteiger partial charge is 0.507 e. The number of amides is 1. The first kappa shape index (κ1) is 18.5. The number of halogens is 1. The van der Waals surface area contributed by atoms with Crippen molar-refractivity contribution in [2.24, 2.45) is 0 Å². The minimum Gasteiger partial charge on any atom is -0.507 e. The minimum absolute atomic E-state index is 0.0298. The number of Topliss-reactive ketones (excluding diaryl/α,β-unsaturated/α-hetero) is 1. The molecule has 4 rings (SSSR count). The van der Waals surface area contributed by atoms with Gasteiger partial charge in [-0.25, -0.2) is 0 Å². The molecule has 1 atom stereocenters. The molecular formula is C20H14BrN3O3S. The van der Waals surface area contributed by atoms with E-state index in [4.69, 9.17) is 0 Å². The van der Waals surface area contributed by atoms with Crippen LogP contribution in [0.4, 0.5) is 5.13 Å². The lowest BCUT2D eigenvalue weighted by Gasteiger charge is -2.22. The van der Waals surface area contributed by atoms with Crippen molar-refractivity contribution in [3.05, 3.63) is 80.8 Å². The van der Waals surface area contributed by atoms with E-state index in [2.05, 4.69) is 26.1 Å². The third-order valence-electron chi connectivity index (χ3n) is 4.49. The summed E-state index contributed by atoms with van der Waals surface area (Å²) in [4.78, 5) is 27.0. The molecule has 1 fully saturated rings. The van der Waals surface area contributed by atoms with E-state index in [0.29, 0.717) is 16.3 Å². The van der Waals surface area contributed by atoms with Crippen LogP contribution in [0.5, 0.6) is 0 Å². The Morgan fingerprint density at radius 1 is 1.18 bits per heavy atom. The predicted octanol–water partition coefficient (Wildman–Crippen LogP) is 4.24. The highest BCUT2D eigenvalue weighted by atomic mass is 79.9. The number of hydrogen-bond donors (Lipinski definition) is 1. The summed E-state index contributed by atoms with van der Waals surface area (Å²) in [6.07, 6.45) is 0. The molecule has 8 heteroatoms. The van der Waals surface area contributed by atoms with Crippen LogP contribution in [0.2, 0.25) is 0 Å². The van der Waals surface area contributed by atoms with Gasteiger partial charge in [-0.1, -0.05) is 69.2 Å². The molecule has 140 valence electrons. The number of hydrogen-bond acceptors (Lipinski definition) is 6. The van der Waals surface area contributed by atoms with Crippen LogP contribution in [0.15, 0.2) is 64.1 Å². The van der Waals surface area contributed by atoms with Gasteiger partial charge in [0.1, 0.15) is 11.3 Å². The highest BCUT2D eigenvalue weighted by Crippen LogP contribution is 2.42. The highest BCUT2D eigenvalue weighted by Gasteiger charge is 2.48. The molecule has 2 aromatic carbocycles. The molecule has 0 unspecified atom stereocenters. The SMILES string of the molecule is Cc1ccc(/C(O)=C2\C(=O)C(=O)N(c3nncs3)[C@@H]2c2cccc(Br)c2)cc1. The molecule has 1 aromatic heterocycles. The zero-order valence-electron chi connectivity index (χ0n) is 14.7. The Kier molecular flexibility index (Phi) is 4.82. The summed E-state index contributed by atoms with van der Waals surface area (Å²) in [5.74, 6) is -1.70. The van der Waals surface area contributed by atoms with Crippen LogP contribution < -0.4 is 4.90 Å². The molecule has 2 heterocycles. The van der Waals surface area contributed by atoms with Crippen LogP contribution in [-0.2, 0) is 9.59 Å². The number of rotatable bonds is 3. The maximum atomic E-state index is 12.9. The van der Waals surface area contributed by atoms with Gasteiger partial charge < -0.3 is 5.11 Å². The van der Waals surface area contributed by atoms with Crippen molar-refractivity contribution in [1.82, 2.24) is 10.2 Å². The third-order valence-corrected chi connectivity index (χ3v) is 5.67. The van der Waals surface area contributed by atoms with Crippen molar-refractivity contribution >= 4 is 49.8 Å². The summed E-state index contributed by atoms with van der Waals surface area (Å²) in [6, 6.07) is 13.6. The lowest BCUT2D eigenvalue weighted by molar-refractivity contribution is -0.132. The van der Waals surface area contributed by atoms with Crippen molar-refractivity contribution in [3.8, 4) is 0 Å². The van der Waals surface area contributed by atoms with Crippen LogP contribution in [-0.4, -0.2) is 27.0 Å². The van der Waals surface area contributed by atoms with Gasteiger partial charge in [-0.15, -0.1) is 10.2 Å². The molecule has 0 radical (unpaired) electrons. The number of aromatic nitrogens is 2. The summed E-state index contributed by atoms with van der Waals surface area (Å²) < 4.78 is 0.795. The second kappa shape index (κ2) is 7.29. The molecule has 0 saturated carbocycles. The fraction of sp³-hybridized carbons (Fsp3) is 0.100. The van der Waals surface area contributed by atoms with Gasteiger partial charge in [0.2, 0.25) is 5.13 Å². The standard InChI is InChI=1S/C20H14BrN3O3S/c1-11-5-7-12(8-6-11)17(25)15-16(13-3-2-4-14(21)9-13)24(19(27)18(15)26)20-23-22-10-28-20/h2-10,16,25H,1H3/b17-15+/t16-/m1/s1. The normalized spacial score (nSPS) is 18.6. The zero-order valence-corrected chi connectivity index (χ0v) is 17.1. The summed E-state index contributed by atoms with van der Waals surface area (Å²) in [6.45, 7) is 1.93. The smallest absolute Gasteiger partial charge is 0.301 e. The Morgan fingerprint density at radius 2 is 1.93 bits per heavy atom. The molecule has 0 aliphatic carbocycles. The van der Waals surface area contributed by atoms with E-state index in [0.717, 1.165) is 21.4 Å². The minimum atomic E-state index is -0.799. The molecule has 1 amide bonds. The Labute approximate surface area is 173 Å². The topological polar surface area (TPSA) is 83.4 Å². The number of ketones is 1. The number of nitrogens with zero attached hydrogens (tertiary/aromatic N) is 3. The quantitative estimate of drug-likeness (QED) is 0.362. The van der Waals surface area contributed by atoms with E-state index < -0.39 is 17.7 Å². The van der Waals surface area contributed by atoms with Gasteiger partial charge in [0.15, 0.2) is 0 Å². The predicted molar refractivity (Wildman–Crippen MR) is 110 cm³/mol. The molecule has 1 aliphatic heterocycles. The lowest BCUT2D eigenvalue weighted by Crippen LogP contribution is -2.29. The van der Waals surface area contributed by atoms with Crippen molar-refractivity contribution in [2.75, 3.05) is 4.90 Å². The molecule has 28 heavy (non-hydrogen) atoms. The van der Waals surface area contributed by atoms with Gasteiger partial charge in [-0.2, -0.15) is 0 Å². The van der Waals surface area contributed by atoms with E-state index in [9.17, 15) is 14.7 Å². The Hall–Kier alpha value is -2.84. The first-order valence-corrected chi connectivity index (χ1v) is 10.0. The molecule has 1 aliphatic rings. The van der Waals surface area contributed by atoms with Crippen LogP contribution in [0.3, 0.4) is 0 Å². The van der Waals surface area contributed by atoms with Gasteiger partial charge in [-0.3, -0.25) is 14.5 Å². The first-order valence-electron chi connectivity index (χ1n) is 8.37. The van der Waals surface area contributed by atoms with Crippen LogP contribution >= 0.6 is 27.3 Å². The van der Waals surface area contributed by atoms with Crippen molar-refractivity contribution in [2.45, 2.75) is 13.0 Å². The summed E-state index contributed by atoms with van der Waals surface area (Å²) in [7, 11) is 0. The number of aliphatic hydroxyl groups is 1. The van der Waals surface area contributed by atoms with E-state index in [-0.39, 0.29) is 11.3 Å². The van der Waals surface area contributed by atoms with E-state index in [1.165, 1.54) is 10.4 Å². The van der Waals surface area contributed by atoms with Crippen LogP contribution in [0.1, 0.15) is 22.7 Å². The Morgan fingerprint density at radius 3 is 2.57 bits per heavy atom. The summed E-state index contributed by atoms with van der Waals surface area (Å²) in [5.41, 5.74) is 3.70. The lowest BCUT2D eigenvalue weighted by atomic mass is 9.95. The molecule has 0 spiro atoms. The van der Waals surface area contributed by atoms with Crippen molar-refractivity contribution in [1.29, 1.82) is 0 Å². The molecular weight excluding hydrogens is 442 g/mol. The monoisotopic (exact) mass is 455 g/mol. The van der Waals surface area contributed by atoms with Crippen LogP contribution in [0.25, 0.3) is 5.76 Å². The maximum absolute atomic E-state index is 12.9. The first-order chi connectivity index (χ1) is 13.5. The van der Waals surface area contributed by atoms with Crippen molar-refractivity contribution in [3.63, 3.8) is 0 Å². The van der Waals surface area contributed by atoms with Gasteiger partial charge in [0, 0.05) is 10.0 Å². The number of benzene rings is 2. The van der Waals surface area contributed by atoms with Gasteiger partial charge >= 0.3 is 5.91 Å². The molecule has 6 nitrogen and oxygen atoms in total.